The van der Waals surface area contributed by atoms with Crippen molar-refractivity contribution < 1.29 is 14.3 Å². The number of esters is 1. The van der Waals surface area contributed by atoms with E-state index in [0.717, 1.165) is 10.2 Å². The SMILES string of the molecule is CCOC(=O)/C=C\Oc1nc2ccccc2s1. The van der Waals surface area contributed by atoms with Gasteiger partial charge in [-0.15, -0.1) is 0 Å². The summed E-state index contributed by atoms with van der Waals surface area (Å²) in [7, 11) is 0. The Morgan fingerprint density at radius 1 is 1.47 bits per heavy atom. The van der Waals surface area contributed by atoms with E-state index in [-0.39, 0.29) is 0 Å². The summed E-state index contributed by atoms with van der Waals surface area (Å²) in [5.41, 5.74) is 0.886. The zero-order valence-corrected chi connectivity index (χ0v) is 10.1. The average Bonchev–Trinajstić information content (AvgIpc) is 2.71. The molecular formula is C12H11NO3S. The molecule has 4 nitrogen and oxygen atoms in total. The second-order valence-electron chi connectivity index (χ2n) is 3.12. The predicted octanol–water partition coefficient (Wildman–Crippen LogP) is 2.75. The van der Waals surface area contributed by atoms with Crippen LogP contribution in [0.4, 0.5) is 0 Å². The summed E-state index contributed by atoms with van der Waals surface area (Å²) in [4.78, 5) is 15.2. The average molecular weight is 249 g/mol. The van der Waals surface area contributed by atoms with Crippen molar-refractivity contribution in [2.75, 3.05) is 6.61 Å². The predicted molar refractivity (Wildman–Crippen MR) is 66.0 cm³/mol. The lowest BCUT2D eigenvalue weighted by molar-refractivity contribution is -0.137. The zero-order valence-electron chi connectivity index (χ0n) is 9.25. The molecule has 2 rings (SSSR count). The summed E-state index contributed by atoms with van der Waals surface area (Å²) < 4.78 is 11.0. The van der Waals surface area contributed by atoms with E-state index in [2.05, 4.69) is 4.98 Å². The number of para-hydroxylation sites is 1. The summed E-state index contributed by atoms with van der Waals surface area (Å²) in [5, 5.41) is 0.506. The van der Waals surface area contributed by atoms with Gasteiger partial charge in [-0.2, -0.15) is 0 Å². The van der Waals surface area contributed by atoms with E-state index < -0.39 is 5.97 Å². The molecule has 1 heterocycles. The Labute approximate surface area is 102 Å². The number of ether oxygens (including phenoxy) is 2. The lowest BCUT2D eigenvalue weighted by Gasteiger charge is -1.94. The fraction of sp³-hybridized carbons (Fsp3) is 0.167. The van der Waals surface area contributed by atoms with Crippen molar-refractivity contribution in [3.05, 3.63) is 36.6 Å². The highest BCUT2D eigenvalue weighted by molar-refractivity contribution is 7.20. The number of nitrogens with zero attached hydrogens (tertiary/aromatic N) is 1. The van der Waals surface area contributed by atoms with Gasteiger partial charge < -0.3 is 9.47 Å². The Balaban J connectivity index is 2.01. The van der Waals surface area contributed by atoms with Gasteiger partial charge in [0.25, 0.3) is 5.19 Å². The summed E-state index contributed by atoms with van der Waals surface area (Å²) in [5.74, 6) is -0.423. The minimum Gasteiger partial charge on any atom is -0.463 e. The fourth-order valence-corrected chi connectivity index (χ4v) is 2.04. The van der Waals surface area contributed by atoms with Gasteiger partial charge in [-0.25, -0.2) is 9.78 Å². The van der Waals surface area contributed by atoms with Crippen LogP contribution in [0, 0.1) is 0 Å². The molecular weight excluding hydrogens is 238 g/mol. The minimum atomic E-state index is -0.423. The van der Waals surface area contributed by atoms with Crippen molar-refractivity contribution in [1.29, 1.82) is 0 Å². The molecule has 88 valence electrons. The maximum absolute atomic E-state index is 11.0. The third-order valence-corrected chi connectivity index (χ3v) is 2.86. The molecule has 0 saturated heterocycles. The molecule has 0 atom stereocenters. The van der Waals surface area contributed by atoms with E-state index in [4.69, 9.17) is 9.47 Å². The minimum absolute atomic E-state index is 0.351. The van der Waals surface area contributed by atoms with Crippen molar-refractivity contribution in [1.82, 2.24) is 4.98 Å². The highest BCUT2D eigenvalue weighted by atomic mass is 32.1. The van der Waals surface area contributed by atoms with Gasteiger partial charge in [-0.3, -0.25) is 0 Å². The molecule has 0 aliphatic carbocycles. The molecule has 0 spiro atoms. The molecule has 0 fully saturated rings. The molecule has 1 aromatic carbocycles. The first-order chi connectivity index (χ1) is 8.29. The molecule has 0 unspecified atom stereocenters. The first-order valence-corrected chi connectivity index (χ1v) is 5.97. The molecule has 0 aliphatic heterocycles. The molecule has 0 amide bonds. The Bertz CT molecular complexity index is 514. The fourth-order valence-electron chi connectivity index (χ4n) is 1.24. The van der Waals surface area contributed by atoms with E-state index in [9.17, 15) is 4.79 Å². The van der Waals surface area contributed by atoms with E-state index in [1.807, 2.05) is 24.3 Å². The quantitative estimate of drug-likeness (QED) is 0.475. The topological polar surface area (TPSA) is 48.4 Å². The summed E-state index contributed by atoms with van der Waals surface area (Å²) in [6.45, 7) is 2.10. The van der Waals surface area contributed by atoms with Crippen LogP contribution in [-0.4, -0.2) is 17.6 Å². The van der Waals surface area contributed by atoms with E-state index >= 15 is 0 Å². The number of benzene rings is 1. The van der Waals surface area contributed by atoms with Gasteiger partial charge in [0.1, 0.15) is 6.26 Å². The third-order valence-electron chi connectivity index (χ3n) is 1.93. The standard InChI is InChI=1S/C12H11NO3S/c1-2-15-11(14)7-8-16-12-13-9-5-3-4-6-10(9)17-12/h3-8H,2H2,1H3/b8-7-. The van der Waals surface area contributed by atoms with Gasteiger partial charge in [0.2, 0.25) is 0 Å². The van der Waals surface area contributed by atoms with Crippen LogP contribution in [0.15, 0.2) is 36.6 Å². The highest BCUT2D eigenvalue weighted by Gasteiger charge is 2.02. The maximum Gasteiger partial charge on any atom is 0.333 e. The largest absolute Gasteiger partial charge is 0.463 e. The Morgan fingerprint density at radius 3 is 3.06 bits per heavy atom. The third kappa shape index (κ3) is 3.04. The van der Waals surface area contributed by atoms with Gasteiger partial charge in [-0.05, 0) is 19.1 Å². The van der Waals surface area contributed by atoms with Crippen molar-refractivity contribution in [2.45, 2.75) is 6.92 Å². The first kappa shape index (κ1) is 11.6. The van der Waals surface area contributed by atoms with Gasteiger partial charge in [-0.1, -0.05) is 23.5 Å². The van der Waals surface area contributed by atoms with Gasteiger partial charge in [0.15, 0.2) is 0 Å². The van der Waals surface area contributed by atoms with Crippen LogP contribution in [0.1, 0.15) is 6.92 Å². The monoisotopic (exact) mass is 249 g/mol. The first-order valence-electron chi connectivity index (χ1n) is 5.15. The molecule has 5 heteroatoms. The van der Waals surface area contributed by atoms with E-state index in [0.29, 0.717) is 11.8 Å². The molecule has 0 radical (unpaired) electrons. The van der Waals surface area contributed by atoms with Crippen molar-refractivity contribution in [2.24, 2.45) is 0 Å². The molecule has 0 bridgehead atoms. The molecule has 1 aromatic heterocycles. The van der Waals surface area contributed by atoms with Crippen molar-refractivity contribution in [3.8, 4) is 5.19 Å². The number of hydrogen-bond donors (Lipinski definition) is 0. The van der Waals surface area contributed by atoms with Crippen LogP contribution in [0.2, 0.25) is 0 Å². The number of carbonyl (C=O) groups is 1. The Hall–Kier alpha value is -1.88. The van der Waals surface area contributed by atoms with Crippen LogP contribution in [0.5, 0.6) is 5.19 Å². The molecule has 2 aromatic rings. The van der Waals surface area contributed by atoms with E-state index in [1.54, 1.807) is 6.92 Å². The summed E-state index contributed by atoms with van der Waals surface area (Å²) in [6, 6.07) is 7.74. The Kier molecular flexibility index (Phi) is 3.72. The van der Waals surface area contributed by atoms with Gasteiger partial charge >= 0.3 is 5.97 Å². The molecule has 17 heavy (non-hydrogen) atoms. The van der Waals surface area contributed by atoms with Crippen LogP contribution in [0.25, 0.3) is 10.2 Å². The second-order valence-corrected chi connectivity index (χ2v) is 4.11. The normalized spacial score (nSPS) is 10.9. The zero-order chi connectivity index (χ0) is 12.1. The van der Waals surface area contributed by atoms with Gasteiger partial charge in [0.05, 0.1) is 22.9 Å². The lowest BCUT2D eigenvalue weighted by Crippen LogP contribution is -1.99. The number of hydrogen-bond acceptors (Lipinski definition) is 5. The maximum atomic E-state index is 11.0. The molecule has 0 saturated carbocycles. The highest BCUT2D eigenvalue weighted by Crippen LogP contribution is 2.27. The summed E-state index contributed by atoms with van der Waals surface area (Å²) in [6.07, 6.45) is 2.52. The van der Waals surface area contributed by atoms with Crippen molar-refractivity contribution in [3.63, 3.8) is 0 Å². The van der Waals surface area contributed by atoms with Crippen LogP contribution >= 0.6 is 11.3 Å². The summed E-state index contributed by atoms with van der Waals surface area (Å²) >= 11 is 1.43. The second kappa shape index (κ2) is 5.45. The lowest BCUT2D eigenvalue weighted by atomic mass is 10.3. The Morgan fingerprint density at radius 2 is 2.29 bits per heavy atom. The smallest absolute Gasteiger partial charge is 0.333 e. The van der Waals surface area contributed by atoms with Gasteiger partial charge in [0, 0.05) is 0 Å². The van der Waals surface area contributed by atoms with Crippen LogP contribution in [-0.2, 0) is 9.53 Å². The number of fused-ring (bicyclic) bond motifs is 1. The number of aromatic nitrogens is 1. The number of rotatable bonds is 4. The molecule has 0 N–H and O–H groups in total. The number of carbonyl (C=O) groups excluding carboxylic acids is 1. The van der Waals surface area contributed by atoms with Crippen LogP contribution < -0.4 is 4.74 Å². The van der Waals surface area contributed by atoms with Crippen LogP contribution in [0.3, 0.4) is 0 Å². The number of thiazole rings is 1. The van der Waals surface area contributed by atoms with E-state index in [1.165, 1.54) is 23.7 Å². The molecule has 0 aliphatic rings. The van der Waals surface area contributed by atoms with Crippen molar-refractivity contribution >= 4 is 27.5 Å².